The topological polar surface area (TPSA) is 275 Å². The van der Waals surface area contributed by atoms with Gasteiger partial charge >= 0.3 is 0 Å². The van der Waals surface area contributed by atoms with Gasteiger partial charge in [0.15, 0.2) is 0 Å². The van der Waals surface area contributed by atoms with Crippen molar-refractivity contribution < 1.29 is 34.2 Å². The normalized spacial score (nSPS) is 13.9. The minimum atomic E-state index is -1.12. The average molecular weight is 673 g/mol. The zero-order chi connectivity index (χ0) is 34.8. The van der Waals surface area contributed by atoms with E-state index in [1.165, 1.54) is 12.1 Å². The summed E-state index contributed by atoms with van der Waals surface area (Å²) in [6.45, 7) is -1.01. The second kappa shape index (κ2) is 20.3. The smallest absolute Gasteiger partial charge is 0.243 e. The second-order valence-electron chi connectivity index (χ2n) is 10.8. The van der Waals surface area contributed by atoms with Gasteiger partial charge in [0.2, 0.25) is 29.5 Å². The van der Waals surface area contributed by atoms with Crippen molar-refractivity contribution in [3.05, 3.63) is 76.2 Å². The van der Waals surface area contributed by atoms with Crippen molar-refractivity contribution in [2.24, 2.45) is 16.6 Å². The molecule has 254 valence electrons. The van der Waals surface area contributed by atoms with Gasteiger partial charge in [0, 0.05) is 17.8 Å². The van der Waals surface area contributed by atoms with Crippen molar-refractivity contribution in [1.29, 1.82) is 0 Å². The predicted molar refractivity (Wildman–Crippen MR) is 177 cm³/mol. The fourth-order valence-corrected chi connectivity index (χ4v) is 5.86. The third kappa shape index (κ3) is 15.3. The number of nitrogens with one attached hydrogen (secondary N) is 4. The quantitative estimate of drug-likeness (QED) is 0.0354. The third-order valence-corrected chi connectivity index (χ3v) is 8.67. The van der Waals surface area contributed by atoms with E-state index in [4.69, 9.17) is 17.0 Å². The Morgan fingerprint density at radius 1 is 0.894 bits per heavy atom. The lowest BCUT2D eigenvalue weighted by atomic mass is 10.0. The number of phenolic OH excluding ortho intramolecular Hbond substituents is 1. The molecule has 0 aliphatic heterocycles. The summed E-state index contributed by atoms with van der Waals surface area (Å²) in [4.78, 5) is 65.5. The van der Waals surface area contributed by atoms with E-state index in [1.807, 2.05) is 6.26 Å². The molecule has 17 heteroatoms. The van der Waals surface area contributed by atoms with E-state index >= 15 is 0 Å². The summed E-state index contributed by atoms with van der Waals surface area (Å²) < 4.78 is 0. The van der Waals surface area contributed by atoms with E-state index < -0.39 is 66.9 Å². The van der Waals surface area contributed by atoms with E-state index in [-0.39, 0.29) is 42.5 Å². The predicted octanol–water partition coefficient (Wildman–Crippen LogP) is -1.50. The number of benzene rings is 2. The van der Waals surface area contributed by atoms with Crippen LogP contribution in [0.3, 0.4) is 0 Å². The van der Waals surface area contributed by atoms with Crippen LogP contribution in [0.5, 0.6) is 5.75 Å². The standard InChI is InChI=1S/C30H41N9O7S/c1-47(18-22(41)15-36-39-33)12-11-24(28(32)44)38-30(46)25(14-19-5-3-2-4-6-19)37-27(43)17-34-26(42)16-35-29(45)23(31)13-20-7-9-21(40)10-8-20/h2-10,22-25,41H,11-18,31H2,1H3,(H6-,32,34,35,37,38,40,42,43,44,45,46)/p+1/t22?,23-,24-,25-,47?/m0/s1. The molecule has 47 heavy (non-hydrogen) atoms. The first-order chi connectivity index (χ1) is 22.4. The number of primary amides is 1. The molecule has 5 atom stereocenters. The Balaban J connectivity index is 1.91. The number of hydrogen-bond donors (Lipinski definition) is 8. The molecule has 0 aliphatic carbocycles. The first-order valence-corrected chi connectivity index (χ1v) is 16.6. The fraction of sp³-hybridized carbons (Fsp3) is 0.433. The molecule has 0 aromatic heterocycles. The van der Waals surface area contributed by atoms with Crippen LogP contribution in [0.4, 0.5) is 0 Å². The highest BCUT2D eigenvalue weighted by Crippen LogP contribution is 2.11. The number of aromatic hydroxyl groups is 1. The van der Waals surface area contributed by atoms with Crippen LogP contribution in [-0.2, 0) is 47.7 Å². The van der Waals surface area contributed by atoms with Crippen LogP contribution in [0, 0.1) is 0 Å². The monoisotopic (exact) mass is 672 g/mol. The summed E-state index contributed by atoms with van der Waals surface area (Å²) in [7, 11) is -0.376. The van der Waals surface area contributed by atoms with Gasteiger partial charge in [-0.05, 0) is 46.1 Å². The molecule has 2 unspecified atom stereocenters. The number of nitrogens with zero attached hydrogens (tertiary/aromatic N) is 3. The lowest BCUT2D eigenvalue weighted by Crippen LogP contribution is -2.55. The Labute approximate surface area is 275 Å². The number of nitrogens with two attached hydrogens (primary N) is 2. The number of carbonyl (C=O) groups excluding carboxylic acids is 5. The Morgan fingerprint density at radius 2 is 1.53 bits per heavy atom. The van der Waals surface area contributed by atoms with E-state index in [0.29, 0.717) is 11.5 Å². The van der Waals surface area contributed by atoms with Crippen molar-refractivity contribution in [1.82, 2.24) is 21.3 Å². The number of aliphatic hydroxyl groups is 1. The highest BCUT2D eigenvalue weighted by molar-refractivity contribution is 7.96. The molecule has 0 saturated carbocycles. The van der Waals surface area contributed by atoms with Crippen LogP contribution in [-0.4, -0.2) is 101 Å². The van der Waals surface area contributed by atoms with Crippen LogP contribution in [0.15, 0.2) is 59.7 Å². The summed E-state index contributed by atoms with van der Waals surface area (Å²) in [6.07, 6.45) is 1.47. The minimum Gasteiger partial charge on any atom is -0.508 e. The van der Waals surface area contributed by atoms with Crippen LogP contribution in [0.25, 0.3) is 10.4 Å². The Kier molecular flexibility index (Phi) is 16.6. The molecule has 0 bridgehead atoms. The largest absolute Gasteiger partial charge is 0.508 e. The number of hydrogen-bond acceptors (Lipinski definition) is 9. The summed E-state index contributed by atoms with van der Waals surface area (Å²) in [5, 5.41) is 32.6. The van der Waals surface area contributed by atoms with Gasteiger partial charge in [-0.3, -0.25) is 24.0 Å². The first-order valence-electron chi connectivity index (χ1n) is 14.7. The van der Waals surface area contributed by atoms with Crippen LogP contribution in [0.1, 0.15) is 17.5 Å². The van der Waals surface area contributed by atoms with Gasteiger partial charge in [0.25, 0.3) is 0 Å². The van der Waals surface area contributed by atoms with Gasteiger partial charge in [-0.2, -0.15) is 0 Å². The van der Waals surface area contributed by atoms with Crippen molar-refractivity contribution in [3.8, 4) is 5.75 Å². The van der Waals surface area contributed by atoms with E-state index in [1.54, 1.807) is 42.5 Å². The number of azide groups is 1. The lowest BCUT2D eigenvalue weighted by Gasteiger charge is -2.22. The van der Waals surface area contributed by atoms with Gasteiger partial charge in [-0.15, -0.1) is 0 Å². The maximum atomic E-state index is 13.3. The summed E-state index contributed by atoms with van der Waals surface area (Å²) in [5.74, 6) is -2.51. The first kappa shape index (κ1) is 38.4. The summed E-state index contributed by atoms with van der Waals surface area (Å²) >= 11 is 0. The van der Waals surface area contributed by atoms with E-state index in [0.717, 1.165) is 11.1 Å². The Hall–Kier alpha value is -4.83. The number of rotatable bonds is 20. The maximum absolute atomic E-state index is 13.3. The number of aliphatic hydroxyl groups excluding tert-OH is 1. The van der Waals surface area contributed by atoms with Crippen molar-refractivity contribution in [2.45, 2.75) is 43.5 Å². The van der Waals surface area contributed by atoms with Crippen LogP contribution >= 0.6 is 0 Å². The zero-order valence-corrected chi connectivity index (χ0v) is 26.8. The third-order valence-electron chi connectivity index (χ3n) is 6.78. The molecule has 10 N–H and O–H groups in total. The van der Waals surface area contributed by atoms with Crippen molar-refractivity contribution in [3.63, 3.8) is 0 Å². The minimum absolute atomic E-state index is 0.0734. The van der Waals surface area contributed by atoms with Crippen LogP contribution in [0.2, 0.25) is 0 Å². The molecule has 5 amide bonds. The number of carbonyl (C=O) groups is 5. The lowest BCUT2D eigenvalue weighted by molar-refractivity contribution is -0.131. The zero-order valence-electron chi connectivity index (χ0n) is 26.0. The molecule has 0 spiro atoms. The SMILES string of the molecule is C[S+](CC[C@H](NC(=O)[C@H](Cc1ccccc1)NC(=O)CNC(=O)CNC(=O)[C@@H](N)Cc1ccc(O)cc1)C(N)=O)CC(O)CN=[N+]=[N-]. The molecular weight excluding hydrogens is 630 g/mol. The van der Waals surface area contributed by atoms with Gasteiger partial charge in [-0.25, -0.2) is 0 Å². The van der Waals surface area contributed by atoms with E-state index in [2.05, 4.69) is 31.3 Å². The Morgan fingerprint density at radius 3 is 2.17 bits per heavy atom. The number of amides is 5. The molecule has 16 nitrogen and oxygen atoms in total. The molecule has 2 aromatic rings. The fourth-order valence-electron chi connectivity index (χ4n) is 4.30. The maximum Gasteiger partial charge on any atom is 0.243 e. The van der Waals surface area contributed by atoms with E-state index in [9.17, 15) is 34.2 Å². The Bertz CT molecular complexity index is 1390. The van der Waals surface area contributed by atoms with Gasteiger partial charge in [0.1, 0.15) is 35.4 Å². The van der Waals surface area contributed by atoms with Crippen LogP contribution < -0.4 is 32.7 Å². The second-order valence-corrected chi connectivity index (χ2v) is 13.1. The highest BCUT2D eigenvalue weighted by atomic mass is 32.2. The highest BCUT2D eigenvalue weighted by Gasteiger charge is 2.28. The molecule has 2 aromatic carbocycles. The number of phenols is 1. The molecular formula is C30H42N9O7S+. The van der Waals surface area contributed by atoms with Gasteiger partial charge in [-0.1, -0.05) is 47.6 Å². The van der Waals surface area contributed by atoms with Crippen molar-refractivity contribution in [2.75, 3.05) is 37.4 Å². The molecule has 0 saturated heterocycles. The van der Waals surface area contributed by atoms with Gasteiger partial charge in [0.05, 0.1) is 31.9 Å². The summed E-state index contributed by atoms with van der Waals surface area (Å²) in [5.41, 5.74) is 21.3. The molecule has 0 heterocycles. The molecule has 0 fully saturated rings. The average Bonchev–Trinajstić information content (AvgIpc) is 3.04. The molecule has 0 aliphatic rings. The van der Waals surface area contributed by atoms with Gasteiger partial charge < -0.3 is 42.9 Å². The van der Waals surface area contributed by atoms with Crippen molar-refractivity contribution >= 4 is 40.4 Å². The summed E-state index contributed by atoms with van der Waals surface area (Å²) in [6, 6.07) is 11.9. The molecule has 2 rings (SSSR count). The molecule has 0 radical (unpaired) electrons.